The maximum atomic E-state index is 12.0. The number of aromatic nitrogens is 2. The molecule has 2 heterocycles. The van der Waals surface area contributed by atoms with Crippen LogP contribution in [0, 0.1) is 0 Å². The summed E-state index contributed by atoms with van der Waals surface area (Å²) in [4.78, 5) is 18.2. The molecule has 1 aliphatic heterocycles. The second-order valence-corrected chi connectivity index (χ2v) is 6.50. The molecule has 0 N–H and O–H groups in total. The number of halogens is 1. The van der Waals surface area contributed by atoms with Gasteiger partial charge in [0.1, 0.15) is 5.82 Å². The van der Waals surface area contributed by atoms with E-state index < -0.39 is 0 Å². The first-order chi connectivity index (χ1) is 11.6. The minimum atomic E-state index is 0.0396. The average molecular weight is 348 g/mol. The molecular formula is C18H22ClN3O2. The highest BCUT2D eigenvalue weighted by atomic mass is 35.5. The normalized spacial score (nSPS) is 17.2. The molecule has 1 saturated heterocycles. The molecule has 5 nitrogen and oxygen atoms in total. The molecule has 0 bridgehead atoms. The Morgan fingerprint density at radius 3 is 3.00 bits per heavy atom. The molecule has 1 aromatic heterocycles. The molecule has 1 amide bonds. The molecule has 0 spiro atoms. The lowest BCUT2D eigenvalue weighted by Crippen LogP contribution is -2.36. The quantitative estimate of drug-likeness (QED) is 0.806. The van der Waals surface area contributed by atoms with Crippen LogP contribution >= 0.6 is 11.6 Å². The standard InChI is InChI=1S/C18H22ClN3O2/c1-14(23)22(12-16-6-4-10-24-16)13-18-20-8-9-21(18)11-15-5-2-3-7-17(15)19/h2-3,5,7-9,16H,4,6,10-13H2,1H3. The van der Waals surface area contributed by atoms with Crippen molar-refractivity contribution in [1.82, 2.24) is 14.5 Å². The summed E-state index contributed by atoms with van der Waals surface area (Å²) in [6.07, 6.45) is 5.90. The summed E-state index contributed by atoms with van der Waals surface area (Å²) < 4.78 is 7.69. The minimum absolute atomic E-state index is 0.0396. The SMILES string of the molecule is CC(=O)N(Cc1nccn1Cc1ccccc1Cl)CC1CCCO1. The first-order valence-corrected chi connectivity index (χ1v) is 8.62. The average Bonchev–Trinajstić information content (AvgIpc) is 3.21. The van der Waals surface area contributed by atoms with Crippen LogP contribution in [-0.4, -0.2) is 39.6 Å². The summed E-state index contributed by atoms with van der Waals surface area (Å²) in [5.41, 5.74) is 1.03. The molecule has 1 unspecified atom stereocenters. The summed E-state index contributed by atoms with van der Waals surface area (Å²) >= 11 is 6.25. The van der Waals surface area contributed by atoms with Gasteiger partial charge >= 0.3 is 0 Å². The van der Waals surface area contributed by atoms with Crippen LogP contribution in [0.15, 0.2) is 36.7 Å². The second-order valence-electron chi connectivity index (χ2n) is 6.10. The Morgan fingerprint density at radius 1 is 1.46 bits per heavy atom. The Balaban J connectivity index is 1.71. The van der Waals surface area contributed by atoms with Crippen molar-refractivity contribution >= 4 is 17.5 Å². The molecule has 0 saturated carbocycles. The topological polar surface area (TPSA) is 47.4 Å². The third-order valence-electron chi connectivity index (χ3n) is 4.33. The zero-order chi connectivity index (χ0) is 16.9. The second kappa shape index (κ2) is 7.81. The number of carbonyl (C=O) groups excluding carboxylic acids is 1. The summed E-state index contributed by atoms with van der Waals surface area (Å²) in [7, 11) is 0. The van der Waals surface area contributed by atoms with Crippen LogP contribution in [0.25, 0.3) is 0 Å². The van der Waals surface area contributed by atoms with E-state index in [1.807, 2.05) is 35.0 Å². The lowest BCUT2D eigenvalue weighted by molar-refractivity contribution is -0.131. The van der Waals surface area contributed by atoms with Gasteiger partial charge in [-0.15, -0.1) is 0 Å². The number of imidazole rings is 1. The van der Waals surface area contributed by atoms with E-state index in [9.17, 15) is 4.79 Å². The zero-order valence-corrected chi connectivity index (χ0v) is 14.6. The van der Waals surface area contributed by atoms with Crippen LogP contribution in [0.5, 0.6) is 0 Å². The molecule has 0 aliphatic carbocycles. The van der Waals surface area contributed by atoms with Crippen LogP contribution in [0.3, 0.4) is 0 Å². The minimum Gasteiger partial charge on any atom is -0.376 e. The molecule has 2 aromatic rings. The van der Waals surface area contributed by atoms with Gasteiger partial charge in [-0.3, -0.25) is 4.79 Å². The predicted octanol–water partition coefficient (Wildman–Crippen LogP) is 3.11. The van der Waals surface area contributed by atoms with Gasteiger partial charge in [0.25, 0.3) is 0 Å². The fraction of sp³-hybridized carbons (Fsp3) is 0.444. The molecule has 1 atom stereocenters. The smallest absolute Gasteiger partial charge is 0.219 e. The van der Waals surface area contributed by atoms with Crippen molar-refractivity contribution in [1.29, 1.82) is 0 Å². The first-order valence-electron chi connectivity index (χ1n) is 8.24. The molecular weight excluding hydrogens is 326 g/mol. The molecule has 128 valence electrons. The van der Waals surface area contributed by atoms with Crippen molar-refractivity contribution in [3.63, 3.8) is 0 Å². The van der Waals surface area contributed by atoms with Gasteiger partial charge in [0, 0.05) is 37.5 Å². The van der Waals surface area contributed by atoms with Gasteiger partial charge in [-0.25, -0.2) is 4.98 Å². The highest BCUT2D eigenvalue weighted by molar-refractivity contribution is 6.31. The number of carbonyl (C=O) groups is 1. The molecule has 1 aromatic carbocycles. The summed E-state index contributed by atoms with van der Waals surface area (Å²) in [6, 6.07) is 7.77. The lowest BCUT2D eigenvalue weighted by atomic mass is 10.2. The molecule has 1 fully saturated rings. The van der Waals surface area contributed by atoms with E-state index in [2.05, 4.69) is 4.98 Å². The van der Waals surface area contributed by atoms with E-state index in [4.69, 9.17) is 16.3 Å². The Bertz CT molecular complexity index is 695. The fourth-order valence-corrected chi connectivity index (χ4v) is 3.15. The number of rotatable bonds is 6. The zero-order valence-electron chi connectivity index (χ0n) is 13.8. The molecule has 6 heteroatoms. The van der Waals surface area contributed by atoms with Gasteiger partial charge in [0.15, 0.2) is 0 Å². The van der Waals surface area contributed by atoms with Crippen molar-refractivity contribution in [2.24, 2.45) is 0 Å². The van der Waals surface area contributed by atoms with Crippen molar-refractivity contribution in [3.8, 4) is 0 Å². The molecule has 0 radical (unpaired) electrons. The highest BCUT2D eigenvalue weighted by Gasteiger charge is 2.22. The number of ether oxygens (including phenoxy) is 1. The summed E-state index contributed by atoms with van der Waals surface area (Å²) in [5.74, 6) is 0.890. The third-order valence-corrected chi connectivity index (χ3v) is 4.69. The number of nitrogens with zero attached hydrogens (tertiary/aromatic N) is 3. The van der Waals surface area contributed by atoms with Gasteiger partial charge in [-0.1, -0.05) is 29.8 Å². The summed E-state index contributed by atoms with van der Waals surface area (Å²) in [5, 5.41) is 0.736. The molecule has 24 heavy (non-hydrogen) atoms. The van der Waals surface area contributed by atoms with Crippen molar-refractivity contribution in [3.05, 3.63) is 53.1 Å². The number of hydrogen-bond acceptors (Lipinski definition) is 3. The van der Waals surface area contributed by atoms with Gasteiger partial charge < -0.3 is 14.2 Å². The third kappa shape index (κ3) is 4.16. The first kappa shape index (κ1) is 17.0. The van der Waals surface area contributed by atoms with Crippen LogP contribution in [0.2, 0.25) is 5.02 Å². The summed E-state index contributed by atoms with van der Waals surface area (Å²) in [6.45, 7) is 4.12. The lowest BCUT2D eigenvalue weighted by Gasteiger charge is -2.24. The highest BCUT2D eigenvalue weighted by Crippen LogP contribution is 2.18. The van der Waals surface area contributed by atoms with Gasteiger partial charge in [-0.05, 0) is 24.5 Å². The monoisotopic (exact) mass is 347 g/mol. The fourth-order valence-electron chi connectivity index (χ4n) is 2.96. The Labute approximate surface area is 147 Å². The van der Waals surface area contributed by atoms with Crippen LogP contribution < -0.4 is 0 Å². The van der Waals surface area contributed by atoms with Gasteiger partial charge in [0.2, 0.25) is 5.91 Å². The Kier molecular flexibility index (Phi) is 5.53. The van der Waals surface area contributed by atoms with E-state index in [0.717, 1.165) is 35.9 Å². The van der Waals surface area contributed by atoms with E-state index in [0.29, 0.717) is 19.6 Å². The largest absolute Gasteiger partial charge is 0.376 e. The number of amides is 1. The van der Waals surface area contributed by atoms with Crippen LogP contribution in [0.4, 0.5) is 0 Å². The molecule has 1 aliphatic rings. The van der Waals surface area contributed by atoms with E-state index in [-0.39, 0.29) is 12.0 Å². The van der Waals surface area contributed by atoms with Crippen LogP contribution in [-0.2, 0) is 22.6 Å². The Morgan fingerprint density at radius 2 is 2.29 bits per heavy atom. The number of benzene rings is 1. The predicted molar refractivity (Wildman–Crippen MR) is 92.8 cm³/mol. The maximum Gasteiger partial charge on any atom is 0.219 e. The van der Waals surface area contributed by atoms with Crippen molar-refractivity contribution in [2.45, 2.75) is 39.0 Å². The van der Waals surface area contributed by atoms with Gasteiger partial charge in [-0.2, -0.15) is 0 Å². The van der Waals surface area contributed by atoms with Crippen molar-refractivity contribution < 1.29 is 9.53 Å². The Hall–Kier alpha value is -1.85. The van der Waals surface area contributed by atoms with Gasteiger partial charge in [0.05, 0.1) is 19.2 Å². The van der Waals surface area contributed by atoms with E-state index in [1.54, 1.807) is 18.0 Å². The van der Waals surface area contributed by atoms with E-state index >= 15 is 0 Å². The number of hydrogen-bond donors (Lipinski definition) is 0. The van der Waals surface area contributed by atoms with E-state index in [1.165, 1.54) is 0 Å². The van der Waals surface area contributed by atoms with Crippen LogP contribution in [0.1, 0.15) is 31.2 Å². The molecule has 3 rings (SSSR count). The maximum absolute atomic E-state index is 12.0. The van der Waals surface area contributed by atoms with Crippen molar-refractivity contribution in [2.75, 3.05) is 13.2 Å².